The number of carbonyl (C=O) groups excluding carboxylic acids is 1. The van der Waals surface area contributed by atoms with Crippen LogP contribution in [0.5, 0.6) is 0 Å². The molecule has 0 amide bonds. The minimum atomic E-state index is 0.282. The molecule has 0 aliphatic rings. The van der Waals surface area contributed by atoms with Gasteiger partial charge in [-0.25, -0.2) is 4.98 Å². The van der Waals surface area contributed by atoms with Crippen LogP contribution in [0.1, 0.15) is 26.2 Å². The van der Waals surface area contributed by atoms with Crippen LogP contribution in [0.15, 0.2) is 30.6 Å². The van der Waals surface area contributed by atoms with E-state index < -0.39 is 0 Å². The van der Waals surface area contributed by atoms with E-state index in [2.05, 4.69) is 11.9 Å². The molecule has 0 radical (unpaired) electrons. The van der Waals surface area contributed by atoms with Gasteiger partial charge in [-0.1, -0.05) is 25.5 Å². The fourth-order valence-corrected chi connectivity index (χ4v) is 1.78. The van der Waals surface area contributed by atoms with E-state index in [0.29, 0.717) is 13.0 Å². The van der Waals surface area contributed by atoms with E-state index in [4.69, 9.17) is 0 Å². The van der Waals surface area contributed by atoms with E-state index in [1.165, 1.54) is 0 Å². The average molecular weight is 216 g/mol. The molecule has 0 unspecified atom stereocenters. The molecule has 2 rings (SSSR count). The van der Waals surface area contributed by atoms with Gasteiger partial charge >= 0.3 is 0 Å². The Balaban J connectivity index is 2.12. The number of fused-ring (bicyclic) bond motifs is 1. The van der Waals surface area contributed by atoms with Crippen LogP contribution in [-0.4, -0.2) is 15.3 Å². The Morgan fingerprint density at radius 3 is 3.00 bits per heavy atom. The van der Waals surface area contributed by atoms with Crippen LogP contribution in [0.4, 0.5) is 0 Å². The zero-order valence-electron chi connectivity index (χ0n) is 9.52. The van der Waals surface area contributed by atoms with Crippen molar-refractivity contribution in [1.29, 1.82) is 0 Å². The zero-order chi connectivity index (χ0) is 11.4. The third-order valence-electron chi connectivity index (χ3n) is 2.68. The fourth-order valence-electron chi connectivity index (χ4n) is 1.78. The van der Waals surface area contributed by atoms with Crippen molar-refractivity contribution < 1.29 is 4.79 Å². The number of ketones is 1. The van der Waals surface area contributed by atoms with E-state index in [-0.39, 0.29) is 5.78 Å². The number of para-hydroxylation sites is 2. The lowest BCUT2D eigenvalue weighted by molar-refractivity contribution is -0.119. The maximum Gasteiger partial charge on any atom is 0.152 e. The molecule has 2 aromatic rings. The van der Waals surface area contributed by atoms with Gasteiger partial charge in [0, 0.05) is 6.42 Å². The monoisotopic (exact) mass is 216 g/mol. The lowest BCUT2D eigenvalue weighted by atomic mass is 10.2. The second-order valence-electron chi connectivity index (χ2n) is 4.00. The summed E-state index contributed by atoms with van der Waals surface area (Å²) in [6, 6.07) is 7.88. The summed E-state index contributed by atoms with van der Waals surface area (Å²) >= 11 is 0. The summed E-state index contributed by atoms with van der Waals surface area (Å²) in [6.45, 7) is 2.54. The molecule has 0 aliphatic heterocycles. The molecule has 0 N–H and O–H groups in total. The van der Waals surface area contributed by atoms with E-state index in [0.717, 1.165) is 23.9 Å². The summed E-state index contributed by atoms with van der Waals surface area (Å²) in [4.78, 5) is 15.9. The molecule has 0 bridgehead atoms. The molecule has 0 saturated heterocycles. The van der Waals surface area contributed by atoms with Crippen LogP contribution in [0.2, 0.25) is 0 Å². The van der Waals surface area contributed by atoms with Gasteiger partial charge in [-0.05, 0) is 18.6 Å². The van der Waals surface area contributed by atoms with Gasteiger partial charge in [0.1, 0.15) is 0 Å². The summed E-state index contributed by atoms with van der Waals surface area (Å²) in [5.74, 6) is 0.282. The van der Waals surface area contributed by atoms with Crippen molar-refractivity contribution in [2.24, 2.45) is 0 Å². The minimum absolute atomic E-state index is 0.282. The Morgan fingerprint density at radius 2 is 2.19 bits per heavy atom. The highest BCUT2D eigenvalue weighted by atomic mass is 16.1. The number of carbonyl (C=O) groups is 1. The van der Waals surface area contributed by atoms with Crippen molar-refractivity contribution in [3.8, 4) is 0 Å². The predicted octanol–water partition coefficient (Wildman–Crippen LogP) is 2.80. The predicted molar refractivity (Wildman–Crippen MR) is 64.3 cm³/mol. The van der Waals surface area contributed by atoms with Crippen molar-refractivity contribution in [2.45, 2.75) is 32.7 Å². The van der Waals surface area contributed by atoms with Crippen molar-refractivity contribution in [3.63, 3.8) is 0 Å². The van der Waals surface area contributed by atoms with Crippen molar-refractivity contribution in [3.05, 3.63) is 30.6 Å². The zero-order valence-corrected chi connectivity index (χ0v) is 9.52. The maximum atomic E-state index is 11.7. The minimum Gasteiger partial charge on any atom is -0.323 e. The first-order chi connectivity index (χ1) is 7.81. The molecule has 1 aromatic heterocycles. The molecular formula is C13H16N2O. The van der Waals surface area contributed by atoms with Crippen molar-refractivity contribution in [2.75, 3.05) is 0 Å². The second kappa shape index (κ2) is 4.92. The fraction of sp³-hybridized carbons (Fsp3) is 0.385. The Bertz CT molecular complexity index is 487. The van der Waals surface area contributed by atoms with Gasteiger partial charge in [-0.2, -0.15) is 0 Å². The van der Waals surface area contributed by atoms with Crippen LogP contribution in [0, 0.1) is 0 Å². The number of hydrogen-bond acceptors (Lipinski definition) is 2. The molecule has 84 valence electrons. The highest BCUT2D eigenvalue weighted by molar-refractivity contribution is 5.81. The summed E-state index contributed by atoms with van der Waals surface area (Å²) < 4.78 is 1.92. The standard InChI is InChI=1S/C13H16N2O/c1-2-3-6-11(16)9-15-10-14-12-7-4-5-8-13(12)15/h4-5,7-8,10H,2-3,6,9H2,1H3. The summed E-state index contributed by atoms with van der Waals surface area (Å²) in [6.07, 6.45) is 4.46. The molecule has 0 spiro atoms. The van der Waals surface area contributed by atoms with Gasteiger partial charge in [0.05, 0.1) is 23.9 Å². The molecule has 1 aromatic carbocycles. The van der Waals surface area contributed by atoms with Gasteiger partial charge < -0.3 is 4.57 Å². The molecular weight excluding hydrogens is 200 g/mol. The van der Waals surface area contributed by atoms with Gasteiger partial charge in [0.15, 0.2) is 5.78 Å². The summed E-state index contributed by atoms with van der Waals surface area (Å²) in [5.41, 5.74) is 1.98. The van der Waals surface area contributed by atoms with Crippen LogP contribution in [0.25, 0.3) is 11.0 Å². The quantitative estimate of drug-likeness (QED) is 0.770. The lowest BCUT2D eigenvalue weighted by Crippen LogP contribution is -2.08. The van der Waals surface area contributed by atoms with Crippen LogP contribution in [-0.2, 0) is 11.3 Å². The Morgan fingerprint density at radius 1 is 1.38 bits per heavy atom. The number of rotatable bonds is 5. The molecule has 0 fully saturated rings. The molecule has 16 heavy (non-hydrogen) atoms. The number of unbranched alkanes of at least 4 members (excludes halogenated alkanes) is 1. The van der Waals surface area contributed by atoms with Gasteiger partial charge in [-0.3, -0.25) is 4.79 Å². The molecule has 3 nitrogen and oxygen atoms in total. The number of imidazole rings is 1. The molecule has 3 heteroatoms. The Kier molecular flexibility index (Phi) is 3.34. The molecule has 0 atom stereocenters. The molecule has 0 aliphatic carbocycles. The SMILES string of the molecule is CCCCC(=O)Cn1cnc2ccccc21. The number of hydrogen-bond donors (Lipinski definition) is 0. The van der Waals surface area contributed by atoms with Gasteiger partial charge in [0.2, 0.25) is 0 Å². The third kappa shape index (κ3) is 2.30. The molecule has 1 heterocycles. The number of aromatic nitrogens is 2. The van der Waals surface area contributed by atoms with Crippen LogP contribution < -0.4 is 0 Å². The van der Waals surface area contributed by atoms with E-state index in [1.807, 2.05) is 28.8 Å². The first kappa shape index (κ1) is 10.9. The van der Waals surface area contributed by atoms with Crippen molar-refractivity contribution in [1.82, 2.24) is 9.55 Å². The smallest absolute Gasteiger partial charge is 0.152 e. The number of benzene rings is 1. The topological polar surface area (TPSA) is 34.9 Å². The normalized spacial score (nSPS) is 10.8. The maximum absolute atomic E-state index is 11.7. The number of nitrogens with zero attached hydrogens (tertiary/aromatic N) is 2. The first-order valence-corrected chi connectivity index (χ1v) is 5.73. The van der Waals surface area contributed by atoms with E-state index in [9.17, 15) is 4.79 Å². The number of Topliss-reactive ketones (excluding diaryl/α,β-unsaturated/α-hetero) is 1. The Hall–Kier alpha value is -1.64. The van der Waals surface area contributed by atoms with E-state index >= 15 is 0 Å². The van der Waals surface area contributed by atoms with Crippen molar-refractivity contribution >= 4 is 16.8 Å². The van der Waals surface area contributed by atoms with E-state index in [1.54, 1.807) is 6.33 Å². The summed E-state index contributed by atoms with van der Waals surface area (Å²) in [5, 5.41) is 0. The largest absolute Gasteiger partial charge is 0.323 e. The average Bonchev–Trinajstić information content (AvgIpc) is 2.70. The third-order valence-corrected chi connectivity index (χ3v) is 2.68. The highest BCUT2D eigenvalue weighted by Crippen LogP contribution is 2.12. The molecule has 0 saturated carbocycles. The van der Waals surface area contributed by atoms with Crippen LogP contribution >= 0.6 is 0 Å². The Labute approximate surface area is 95.1 Å². The lowest BCUT2D eigenvalue weighted by Gasteiger charge is -2.02. The summed E-state index contributed by atoms with van der Waals surface area (Å²) in [7, 11) is 0. The second-order valence-corrected chi connectivity index (χ2v) is 4.00. The van der Waals surface area contributed by atoms with Gasteiger partial charge in [0.25, 0.3) is 0 Å². The first-order valence-electron chi connectivity index (χ1n) is 5.73. The van der Waals surface area contributed by atoms with Crippen LogP contribution in [0.3, 0.4) is 0 Å². The van der Waals surface area contributed by atoms with Gasteiger partial charge in [-0.15, -0.1) is 0 Å². The highest BCUT2D eigenvalue weighted by Gasteiger charge is 2.06.